The highest BCUT2D eigenvalue weighted by Gasteiger charge is 2.05. The summed E-state index contributed by atoms with van der Waals surface area (Å²) in [5.74, 6) is 1.10. The molecule has 0 unspecified atom stereocenters. The Morgan fingerprint density at radius 2 is 1.33 bits per heavy atom. The van der Waals surface area contributed by atoms with Gasteiger partial charge in [0.15, 0.2) is 0 Å². The number of hydrogen-bond donors (Lipinski definition) is 0. The Balaban J connectivity index is 2.68. The molecule has 0 N–H and O–H groups in total. The molecule has 0 aromatic heterocycles. The minimum atomic E-state index is -0.449. The molecule has 0 fully saturated rings. The molecule has 0 bridgehead atoms. The Bertz CT molecular complexity index is 448. The van der Waals surface area contributed by atoms with Gasteiger partial charge >= 0.3 is 5.97 Å². The number of hydrogen-bond acceptors (Lipinski definition) is 3. The third-order valence-electron chi connectivity index (χ3n) is 2.10. The maximum absolute atomic E-state index is 11.3. The zero-order valence-electron chi connectivity index (χ0n) is 10.7. The molecule has 0 spiro atoms. The van der Waals surface area contributed by atoms with Gasteiger partial charge in [0.05, 0.1) is 0 Å². The Kier molecular flexibility index (Phi) is 4.49. The van der Waals surface area contributed by atoms with Crippen molar-refractivity contribution in [3.05, 3.63) is 60.9 Å². The van der Waals surface area contributed by atoms with E-state index in [1.54, 1.807) is 31.2 Å². The van der Waals surface area contributed by atoms with Gasteiger partial charge in [0, 0.05) is 5.57 Å². The van der Waals surface area contributed by atoms with E-state index in [0.717, 1.165) is 5.57 Å². The molecule has 0 radical (unpaired) electrons. The minimum absolute atomic E-state index is 0.353. The van der Waals surface area contributed by atoms with Crippen LogP contribution < -0.4 is 9.47 Å². The fraction of sp³-hybridized carbons (Fsp3) is 0.133. The van der Waals surface area contributed by atoms with Crippen LogP contribution in [-0.4, -0.2) is 5.97 Å². The summed E-state index contributed by atoms with van der Waals surface area (Å²) < 4.78 is 10.5. The highest BCUT2D eigenvalue weighted by atomic mass is 16.5. The van der Waals surface area contributed by atoms with E-state index < -0.39 is 5.97 Å². The van der Waals surface area contributed by atoms with Gasteiger partial charge in [-0.3, -0.25) is 0 Å². The molecule has 1 rings (SSSR count). The molecule has 1 aromatic carbocycles. The summed E-state index contributed by atoms with van der Waals surface area (Å²) in [7, 11) is 0. The van der Waals surface area contributed by atoms with Gasteiger partial charge in [0.2, 0.25) is 0 Å². The zero-order valence-corrected chi connectivity index (χ0v) is 10.7. The second-order valence-electron chi connectivity index (χ2n) is 3.95. The van der Waals surface area contributed by atoms with Crippen LogP contribution in [0.25, 0.3) is 0 Å². The van der Waals surface area contributed by atoms with Gasteiger partial charge in [-0.15, -0.1) is 0 Å². The van der Waals surface area contributed by atoms with E-state index in [-0.39, 0.29) is 0 Å². The van der Waals surface area contributed by atoms with Gasteiger partial charge < -0.3 is 9.47 Å². The predicted molar refractivity (Wildman–Crippen MR) is 71.5 cm³/mol. The van der Waals surface area contributed by atoms with E-state index in [0.29, 0.717) is 22.8 Å². The topological polar surface area (TPSA) is 35.5 Å². The maximum atomic E-state index is 11.3. The van der Waals surface area contributed by atoms with Crippen molar-refractivity contribution in [1.82, 2.24) is 0 Å². The van der Waals surface area contributed by atoms with Crippen LogP contribution in [0.1, 0.15) is 13.8 Å². The molecule has 1 aromatic rings. The zero-order chi connectivity index (χ0) is 13.7. The summed E-state index contributed by atoms with van der Waals surface area (Å²) in [5.41, 5.74) is 1.11. The monoisotopic (exact) mass is 244 g/mol. The van der Waals surface area contributed by atoms with Crippen molar-refractivity contribution in [3.8, 4) is 11.5 Å². The summed E-state index contributed by atoms with van der Waals surface area (Å²) in [6, 6.07) is 6.66. The third kappa shape index (κ3) is 3.94. The van der Waals surface area contributed by atoms with Crippen LogP contribution in [0.15, 0.2) is 60.9 Å². The van der Waals surface area contributed by atoms with Crippen molar-refractivity contribution in [2.75, 3.05) is 0 Å². The van der Waals surface area contributed by atoms with E-state index in [4.69, 9.17) is 9.47 Å². The molecule has 3 heteroatoms. The van der Waals surface area contributed by atoms with Crippen LogP contribution in [0.4, 0.5) is 0 Å². The number of esters is 1. The molecule has 0 atom stereocenters. The number of allylic oxidation sites excluding steroid dienone is 1. The van der Waals surface area contributed by atoms with Crippen molar-refractivity contribution in [1.29, 1.82) is 0 Å². The van der Waals surface area contributed by atoms with Crippen LogP contribution in [0.3, 0.4) is 0 Å². The van der Waals surface area contributed by atoms with Crippen molar-refractivity contribution in [2.24, 2.45) is 0 Å². The number of benzene rings is 1. The Morgan fingerprint density at radius 3 is 1.72 bits per heavy atom. The van der Waals surface area contributed by atoms with Crippen LogP contribution in [0, 0.1) is 0 Å². The van der Waals surface area contributed by atoms with Crippen LogP contribution in [0.2, 0.25) is 0 Å². The molecule has 0 saturated heterocycles. The lowest BCUT2D eigenvalue weighted by molar-refractivity contribution is -0.130. The van der Waals surface area contributed by atoms with Crippen LogP contribution in [-0.2, 0) is 4.79 Å². The quantitative estimate of drug-likeness (QED) is 0.261. The molecule has 0 aliphatic carbocycles. The highest BCUT2D eigenvalue weighted by molar-refractivity contribution is 5.88. The first-order valence-electron chi connectivity index (χ1n) is 5.40. The number of rotatable bonds is 5. The van der Waals surface area contributed by atoms with E-state index in [1.807, 2.05) is 6.92 Å². The first kappa shape index (κ1) is 13.8. The molecular weight excluding hydrogens is 228 g/mol. The molecule has 0 aliphatic heterocycles. The van der Waals surface area contributed by atoms with Gasteiger partial charge in [0.25, 0.3) is 0 Å². The molecule has 18 heavy (non-hydrogen) atoms. The van der Waals surface area contributed by atoms with Gasteiger partial charge in [-0.25, -0.2) is 4.79 Å². The SMILES string of the molecule is C=C(C)C(=C)Oc1ccc(OC(=O)C(=C)C)cc1. The number of ether oxygens (including phenoxy) is 2. The van der Waals surface area contributed by atoms with E-state index in [9.17, 15) is 4.79 Å². The van der Waals surface area contributed by atoms with E-state index >= 15 is 0 Å². The molecule has 0 aliphatic rings. The maximum Gasteiger partial charge on any atom is 0.338 e. The molecule has 3 nitrogen and oxygen atoms in total. The average Bonchev–Trinajstić information content (AvgIpc) is 2.31. The second-order valence-corrected chi connectivity index (χ2v) is 3.95. The molecule has 0 heterocycles. The lowest BCUT2D eigenvalue weighted by Crippen LogP contribution is -2.07. The van der Waals surface area contributed by atoms with Crippen LogP contribution >= 0.6 is 0 Å². The lowest BCUT2D eigenvalue weighted by atomic mass is 10.3. The average molecular weight is 244 g/mol. The van der Waals surface area contributed by atoms with Crippen molar-refractivity contribution in [2.45, 2.75) is 13.8 Å². The first-order valence-corrected chi connectivity index (χ1v) is 5.40. The first-order chi connectivity index (χ1) is 8.40. The largest absolute Gasteiger partial charge is 0.458 e. The smallest absolute Gasteiger partial charge is 0.338 e. The standard InChI is InChI=1S/C15H16O3/c1-10(2)12(5)17-13-6-8-14(9-7-13)18-15(16)11(3)4/h6-9H,1,3,5H2,2,4H3. The fourth-order valence-electron chi connectivity index (χ4n) is 0.999. The highest BCUT2D eigenvalue weighted by Crippen LogP contribution is 2.21. The van der Waals surface area contributed by atoms with E-state index in [2.05, 4.69) is 19.7 Å². The van der Waals surface area contributed by atoms with Crippen molar-refractivity contribution < 1.29 is 14.3 Å². The van der Waals surface area contributed by atoms with Crippen molar-refractivity contribution >= 4 is 5.97 Å². The lowest BCUT2D eigenvalue weighted by Gasteiger charge is -2.09. The summed E-state index contributed by atoms with van der Waals surface area (Å²) in [6.07, 6.45) is 0. The van der Waals surface area contributed by atoms with Gasteiger partial charge in [-0.05, 0) is 43.7 Å². The molecule has 0 amide bonds. The number of carbonyl (C=O) groups is 1. The summed E-state index contributed by atoms with van der Waals surface area (Å²) in [4.78, 5) is 11.3. The summed E-state index contributed by atoms with van der Waals surface area (Å²) in [5, 5.41) is 0. The van der Waals surface area contributed by atoms with Gasteiger partial charge in [0.1, 0.15) is 17.3 Å². The normalized spacial score (nSPS) is 9.44. The molecule has 94 valence electrons. The van der Waals surface area contributed by atoms with Gasteiger partial charge in [-0.2, -0.15) is 0 Å². The van der Waals surface area contributed by atoms with Crippen molar-refractivity contribution in [3.63, 3.8) is 0 Å². The molecular formula is C15H16O3. The fourth-order valence-corrected chi connectivity index (χ4v) is 0.999. The minimum Gasteiger partial charge on any atom is -0.458 e. The molecule has 0 saturated carbocycles. The summed E-state index contributed by atoms with van der Waals surface area (Å²) in [6.45, 7) is 14.4. The van der Waals surface area contributed by atoms with Crippen LogP contribution in [0.5, 0.6) is 11.5 Å². The second kappa shape index (κ2) is 5.87. The third-order valence-corrected chi connectivity index (χ3v) is 2.10. The summed E-state index contributed by atoms with van der Waals surface area (Å²) >= 11 is 0. The number of carbonyl (C=O) groups excluding carboxylic acids is 1. The van der Waals surface area contributed by atoms with Gasteiger partial charge in [-0.1, -0.05) is 19.7 Å². The Labute approximate surface area is 107 Å². The van der Waals surface area contributed by atoms with E-state index in [1.165, 1.54) is 0 Å². The Morgan fingerprint density at radius 1 is 0.889 bits per heavy atom. The Hall–Kier alpha value is -2.29. The predicted octanol–water partition coefficient (Wildman–Crippen LogP) is 3.64.